The summed E-state index contributed by atoms with van der Waals surface area (Å²) in [7, 11) is 1.84. The maximum absolute atomic E-state index is 12.2. The highest BCUT2D eigenvalue weighted by Crippen LogP contribution is 2.38. The van der Waals surface area contributed by atoms with Crippen LogP contribution in [0.3, 0.4) is 0 Å². The summed E-state index contributed by atoms with van der Waals surface area (Å²) in [6.45, 7) is 0. The molecule has 0 spiro atoms. The Morgan fingerprint density at radius 3 is 2.95 bits per heavy atom. The van der Waals surface area contributed by atoms with Crippen molar-refractivity contribution in [3.8, 4) is 0 Å². The zero-order valence-electron chi connectivity index (χ0n) is 11.2. The van der Waals surface area contributed by atoms with Crippen molar-refractivity contribution >= 4 is 5.91 Å². The Hall–Kier alpha value is -2.08. The molecule has 2 aromatic heterocycles. The van der Waals surface area contributed by atoms with Crippen molar-refractivity contribution in [2.24, 2.45) is 13.0 Å². The van der Waals surface area contributed by atoms with E-state index in [1.165, 1.54) is 12.5 Å². The largest absolute Gasteiger partial charge is 0.472 e. The molecule has 1 aliphatic rings. The van der Waals surface area contributed by atoms with Crippen molar-refractivity contribution in [1.82, 2.24) is 15.1 Å². The van der Waals surface area contributed by atoms with Gasteiger partial charge in [0.1, 0.15) is 6.26 Å². The lowest BCUT2D eigenvalue weighted by molar-refractivity contribution is 0.0235. The molecule has 2 aromatic rings. The first-order valence-corrected chi connectivity index (χ1v) is 6.63. The smallest absolute Gasteiger partial charge is 0.255 e. The first kappa shape index (κ1) is 12.9. The molecule has 6 nitrogen and oxygen atoms in total. The second-order valence-electron chi connectivity index (χ2n) is 5.30. The van der Waals surface area contributed by atoms with Crippen molar-refractivity contribution in [3.05, 3.63) is 42.1 Å². The van der Waals surface area contributed by atoms with Crippen LogP contribution in [0, 0.1) is 5.92 Å². The molecular formula is C14H17N3O3. The minimum absolute atomic E-state index is 0.130. The van der Waals surface area contributed by atoms with Crippen molar-refractivity contribution in [2.45, 2.75) is 25.0 Å². The van der Waals surface area contributed by atoms with E-state index in [0.29, 0.717) is 18.4 Å². The summed E-state index contributed by atoms with van der Waals surface area (Å²) in [6, 6.07) is 1.50. The molecule has 0 bridgehead atoms. The number of aliphatic hydroxyl groups is 1. The van der Waals surface area contributed by atoms with Crippen LogP contribution in [0.1, 0.15) is 34.8 Å². The van der Waals surface area contributed by atoms with Gasteiger partial charge in [-0.1, -0.05) is 0 Å². The summed E-state index contributed by atoms with van der Waals surface area (Å²) in [6.07, 6.45) is 7.68. The average molecular weight is 275 g/mol. The number of aromatic nitrogens is 2. The van der Waals surface area contributed by atoms with E-state index in [9.17, 15) is 9.90 Å². The summed E-state index contributed by atoms with van der Waals surface area (Å²) in [5.41, 5.74) is 1.46. The van der Waals surface area contributed by atoms with Crippen LogP contribution in [-0.4, -0.2) is 26.9 Å². The molecule has 2 N–H and O–H groups in total. The van der Waals surface area contributed by atoms with Gasteiger partial charge in [0.2, 0.25) is 0 Å². The number of amides is 1. The van der Waals surface area contributed by atoms with Gasteiger partial charge in [-0.05, 0) is 24.8 Å². The number of hydrogen-bond acceptors (Lipinski definition) is 4. The molecule has 106 valence electrons. The highest BCUT2D eigenvalue weighted by molar-refractivity contribution is 5.94. The molecule has 20 heavy (non-hydrogen) atoms. The lowest BCUT2D eigenvalue weighted by Crippen LogP contribution is -2.41. The quantitative estimate of drug-likeness (QED) is 0.880. The minimum atomic E-state index is -0.259. The number of carbonyl (C=O) groups excluding carboxylic acids is 1. The fourth-order valence-electron chi connectivity index (χ4n) is 2.59. The molecule has 1 saturated carbocycles. The summed E-state index contributed by atoms with van der Waals surface area (Å²) in [5, 5.41) is 16.6. The summed E-state index contributed by atoms with van der Waals surface area (Å²) in [4.78, 5) is 12.2. The summed E-state index contributed by atoms with van der Waals surface area (Å²) in [5.74, 6) is 0.0686. The van der Waals surface area contributed by atoms with Crippen molar-refractivity contribution < 1.29 is 14.3 Å². The molecule has 3 rings (SSSR count). The molecule has 0 unspecified atom stereocenters. The fourth-order valence-corrected chi connectivity index (χ4v) is 2.59. The number of rotatable bonds is 4. The molecule has 1 fully saturated rings. The monoisotopic (exact) mass is 275 g/mol. The van der Waals surface area contributed by atoms with Crippen molar-refractivity contribution in [3.63, 3.8) is 0 Å². The molecular weight excluding hydrogens is 258 g/mol. The number of carbonyl (C=O) groups is 1. The maximum Gasteiger partial charge on any atom is 0.255 e. The van der Waals surface area contributed by atoms with Gasteiger partial charge in [0, 0.05) is 18.8 Å². The van der Waals surface area contributed by atoms with Gasteiger partial charge in [-0.2, -0.15) is 5.10 Å². The molecule has 6 heteroatoms. The van der Waals surface area contributed by atoms with Crippen LogP contribution in [0.2, 0.25) is 0 Å². The summed E-state index contributed by atoms with van der Waals surface area (Å²) >= 11 is 0. The second-order valence-corrected chi connectivity index (χ2v) is 5.30. The Kier molecular flexibility index (Phi) is 3.31. The van der Waals surface area contributed by atoms with E-state index in [4.69, 9.17) is 4.42 Å². The SMILES string of the molecule is Cn1cc([C@H](NC(=O)c2ccoc2)C2CC(O)C2)cn1. The molecule has 1 aliphatic carbocycles. The van der Waals surface area contributed by atoms with Crippen LogP contribution in [0.25, 0.3) is 0 Å². The number of nitrogens with zero attached hydrogens (tertiary/aromatic N) is 2. The average Bonchev–Trinajstić information content (AvgIpc) is 3.03. The zero-order valence-corrected chi connectivity index (χ0v) is 11.2. The van der Waals surface area contributed by atoms with Crippen LogP contribution in [-0.2, 0) is 7.05 Å². The lowest BCUT2D eigenvalue weighted by atomic mass is 9.75. The van der Waals surface area contributed by atoms with Crippen LogP contribution in [0.4, 0.5) is 0 Å². The molecule has 0 aliphatic heterocycles. The predicted molar refractivity (Wildman–Crippen MR) is 70.9 cm³/mol. The van der Waals surface area contributed by atoms with Gasteiger partial charge in [-0.25, -0.2) is 0 Å². The summed E-state index contributed by atoms with van der Waals surface area (Å²) < 4.78 is 6.64. The van der Waals surface area contributed by atoms with Gasteiger partial charge >= 0.3 is 0 Å². The molecule has 1 amide bonds. The third-order valence-corrected chi connectivity index (χ3v) is 3.77. The topological polar surface area (TPSA) is 80.3 Å². The third-order valence-electron chi connectivity index (χ3n) is 3.77. The van der Waals surface area contributed by atoms with Gasteiger partial charge in [-0.15, -0.1) is 0 Å². The molecule has 0 saturated heterocycles. The molecule has 1 atom stereocenters. The van der Waals surface area contributed by atoms with E-state index < -0.39 is 0 Å². The number of furan rings is 1. The Labute approximate surface area is 116 Å². The van der Waals surface area contributed by atoms with E-state index in [-0.39, 0.29) is 24.0 Å². The molecule has 0 radical (unpaired) electrons. The van der Waals surface area contributed by atoms with E-state index in [1.54, 1.807) is 16.9 Å². The fraction of sp³-hybridized carbons (Fsp3) is 0.429. The van der Waals surface area contributed by atoms with Gasteiger partial charge in [-0.3, -0.25) is 9.48 Å². The van der Waals surface area contributed by atoms with E-state index in [2.05, 4.69) is 10.4 Å². The van der Waals surface area contributed by atoms with Gasteiger partial charge in [0.15, 0.2) is 0 Å². The Morgan fingerprint density at radius 1 is 1.60 bits per heavy atom. The first-order chi connectivity index (χ1) is 9.63. The Balaban J connectivity index is 1.77. The van der Waals surface area contributed by atoms with Gasteiger partial charge in [0.25, 0.3) is 5.91 Å². The third kappa shape index (κ3) is 2.46. The number of nitrogens with one attached hydrogen (secondary N) is 1. The van der Waals surface area contributed by atoms with Crippen LogP contribution in [0.5, 0.6) is 0 Å². The van der Waals surface area contributed by atoms with E-state index in [0.717, 1.165) is 5.56 Å². The second kappa shape index (κ2) is 5.13. The zero-order chi connectivity index (χ0) is 14.1. The van der Waals surface area contributed by atoms with Crippen LogP contribution < -0.4 is 5.32 Å². The highest BCUT2D eigenvalue weighted by atomic mass is 16.3. The Bertz CT molecular complexity index is 585. The molecule has 0 aromatic carbocycles. The molecule has 2 heterocycles. The standard InChI is InChI=1S/C14H17N3O3/c1-17-7-11(6-15-17)13(10-4-12(18)5-10)16-14(19)9-2-3-20-8-9/h2-3,6-8,10,12-13,18H,4-5H2,1H3,(H,16,19)/t10?,12?,13-/m1/s1. The van der Waals surface area contributed by atoms with Gasteiger partial charge < -0.3 is 14.8 Å². The number of hydrogen-bond donors (Lipinski definition) is 2. The highest BCUT2D eigenvalue weighted by Gasteiger charge is 2.36. The Morgan fingerprint density at radius 2 is 2.40 bits per heavy atom. The van der Waals surface area contributed by atoms with Crippen LogP contribution >= 0.6 is 0 Å². The number of aliphatic hydroxyl groups excluding tert-OH is 1. The predicted octanol–water partition coefficient (Wildman–Crippen LogP) is 1.26. The number of aryl methyl sites for hydroxylation is 1. The first-order valence-electron chi connectivity index (χ1n) is 6.63. The maximum atomic E-state index is 12.2. The van der Waals surface area contributed by atoms with Crippen LogP contribution in [0.15, 0.2) is 35.4 Å². The van der Waals surface area contributed by atoms with Crippen molar-refractivity contribution in [1.29, 1.82) is 0 Å². The van der Waals surface area contributed by atoms with Crippen molar-refractivity contribution in [2.75, 3.05) is 0 Å². The normalized spacial score (nSPS) is 23.1. The van der Waals surface area contributed by atoms with Gasteiger partial charge in [0.05, 0.1) is 30.2 Å². The lowest BCUT2D eigenvalue weighted by Gasteiger charge is -2.37. The minimum Gasteiger partial charge on any atom is -0.472 e. The van der Waals surface area contributed by atoms with E-state index >= 15 is 0 Å². The van der Waals surface area contributed by atoms with E-state index in [1.807, 2.05) is 13.2 Å².